The summed E-state index contributed by atoms with van der Waals surface area (Å²) in [6, 6.07) is 6.38. The van der Waals surface area contributed by atoms with Gasteiger partial charge in [-0.1, -0.05) is 12.1 Å². The fraction of sp³-hybridized carbons (Fsp3) is 0.400. The molecule has 2 nitrogen and oxygen atoms in total. The number of hydrogen-bond donors (Lipinski definition) is 1. The maximum atomic E-state index is 12.7. The third-order valence-corrected chi connectivity index (χ3v) is 1.54. The van der Waals surface area contributed by atoms with E-state index in [0.717, 1.165) is 5.56 Å². The molecule has 1 rings (SSSR count). The first-order chi connectivity index (χ1) is 6.18. The average Bonchev–Trinajstić information content (AvgIpc) is 2.03. The minimum atomic E-state index is -0.234. The summed E-state index contributed by atoms with van der Waals surface area (Å²) in [6.07, 6.45) is 0. The molecular weight excluding hydrogens is 169 g/mol. The third-order valence-electron chi connectivity index (χ3n) is 1.54. The van der Waals surface area contributed by atoms with Crippen LogP contribution in [0.1, 0.15) is 12.5 Å². The first-order valence-corrected chi connectivity index (χ1v) is 4.26. The standard InChI is InChI=1S/C10H14FNO/c1-8(12)6-13-7-9-3-2-4-10(11)5-9/h2-5,8H,6-7,12H2,1H3/t8-/m0/s1. The quantitative estimate of drug-likeness (QED) is 0.771. The van der Waals surface area contributed by atoms with Crippen LogP contribution in [0.3, 0.4) is 0 Å². The van der Waals surface area contributed by atoms with E-state index in [1.807, 2.05) is 13.0 Å². The first-order valence-electron chi connectivity index (χ1n) is 4.26. The predicted molar refractivity (Wildman–Crippen MR) is 49.7 cm³/mol. The van der Waals surface area contributed by atoms with Gasteiger partial charge >= 0.3 is 0 Å². The lowest BCUT2D eigenvalue weighted by Gasteiger charge is -2.06. The Morgan fingerprint density at radius 2 is 2.31 bits per heavy atom. The Hall–Kier alpha value is -0.930. The van der Waals surface area contributed by atoms with Crippen LogP contribution in [-0.2, 0) is 11.3 Å². The van der Waals surface area contributed by atoms with Crippen LogP contribution in [-0.4, -0.2) is 12.6 Å². The maximum absolute atomic E-state index is 12.7. The molecule has 0 unspecified atom stereocenters. The SMILES string of the molecule is C[C@H](N)COCc1cccc(F)c1. The summed E-state index contributed by atoms with van der Waals surface area (Å²) in [4.78, 5) is 0. The van der Waals surface area contributed by atoms with E-state index in [4.69, 9.17) is 10.5 Å². The summed E-state index contributed by atoms with van der Waals surface area (Å²) in [5, 5.41) is 0. The van der Waals surface area contributed by atoms with Crippen LogP contribution in [0, 0.1) is 5.82 Å². The van der Waals surface area contributed by atoms with Crippen LogP contribution < -0.4 is 5.73 Å². The van der Waals surface area contributed by atoms with Crippen LogP contribution in [0.2, 0.25) is 0 Å². The Morgan fingerprint density at radius 3 is 2.92 bits per heavy atom. The van der Waals surface area contributed by atoms with Crippen molar-refractivity contribution in [1.82, 2.24) is 0 Å². The Balaban J connectivity index is 2.37. The zero-order chi connectivity index (χ0) is 9.68. The Morgan fingerprint density at radius 1 is 1.54 bits per heavy atom. The second kappa shape index (κ2) is 4.94. The van der Waals surface area contributed by atoms with E-state index in [1.54, 1.807) is 6.07 Å². The molecule has 0 heterocycles. The molecule has 1 atom stereocenters. The van der Waals surface area contributed by atoms with Crippen molar-refractivity contribution in [3.63, 3.8) is 0 Å². The molecule has 3 heteroatoms. The Kier molecular flexibility index (Phi) is 3.86. The van der Waals surface area contributed by atoms with E-state index in [9.17, 15) is 4.39 Å². The molecule has 0 aliphatic carbocycles. The van der Waals surface area contributed by atoms with Gasteiger partial charge in [-0.3, -0.25) is 0 Å². The Labute approximate surface area is 77.5 Å². The van der Waals surface area contributed by atoms with Crippen molar-refractivity contribution in [3.8, 4) is 0 Å². The molecule has 0 fully saturated rings. The maximum Gasteiger partial charge on any atom is 0.123 e. The van der Waals surface area contributed by atoms with E-state index in [1.165, 1.54) is 12.1 Å². The highest BCUT2D eigenvalue weighted by Gasteiger charge is 1.97. The van der Waals surface area contributed by atoms with Crippen molar-refractivity contribution in [2.45, 2.75) is 19.6 Å². The summed E-state index contributed by atoms with van der Waals surface area (Å²) in [5.74, 6) is -0.234. The van der Waals surface area contributed by atoms with Gasteiger partial charge in [0.2, 0.25) is 0 Å². The van der Waals surface area contributed by atoms with Crippen molar-refractivity contribution in [2.24, 2.45) is 5.73 Å². The summed E-state index contributed by atoms with van der Waals surface area (Å²) in [7, 11) is 0. The van der Waals surface area contributed by atoms with Gasteiger partial charge in [0, 0.05) is 6.04 Å². The summed E-state index contributed by atoms with van der Waals surface area (Å²) in [5.41, 5.74) is 6.32. The number of ether oxygens (including phenoxy) is 1. The number of hydrogen-bond acceptors (Lipinski definition) is 2. The molecule has 2 N–H and O–H groups in total. The molecule has 0 aromatic heterocycles. The van der Waals surface area contributed by atoms with E-state index in [0.29, 0.717) is 13.2 Å². The Bertz CT molecular complexity index is 263. The largest absolute Gasteiger partial charge is 0.375 e. The summed E-state index contributed by atoms with van der Waals surface area (Å²) >= 11 is 0. The van der Waals surface area contributed by atoms with Gasteiger partial charge < -0.3 is 10.5 Å². The average molecular weight is 183 g/mol. The van der Waals surface area contributed by atoms with Gasteiger partial charge in [-0.2, -0.15) is 0 Å². The fourth-order valence-corrected chi connectivity index (χ4v) is 0.989. The highest BCUT2D eigenvalue weighted by Crippen LogP contribution is 2.04. The molecule has 0 bridgehead atoms. The van der Waals surface area contributed by atoms with Gasteiger partial charge in [-0.25, -0.2) is 4.39 Å². The molecular formula is C10H14FNO. The number of nitrogens with two attached hydrogens (primary N) is 1. The molecule has 0 saturated heterocycles. The van der Waals surface area contributed by atoms with E-state index in [2.05, 4.69) is 0 Å². The van der Waals surface area contributed by atoms with Crippen molar-refractivity contribution in [2.75, 3.05) is 6.61 Å². The van der Waals surface area contributed by atoms with Gasteiger partial charge in [0.05, 0.1) is 13.2 Å². The molecule has 0 saturated carbocycles. The van der Waals surface area contributed by atoms with Crippen molar-refractivity contribution in [3.05, 3.63) is 35.6 Å². The second-order valence-electron chi connectivity index (χ2n) is 3.12. The van der Waals surface area contributed by atoms with Gasteiger partial charge in [0.1, 0.15) is 5.82 Å². The van der Waals surface area contributed by atoms with Gasteiger partial charge in [-0.15, -0.1) is 0 Å². The van der Waals surface area contributed by atoms with Crippen LogP contribution >= 0.6 is 0 Å². The molecule has 0 spiro atoms. The lowest BCUT2D eigenvalue weighted by atomic mass is 10.2. The van der Waals surface area contributed by atoms with Crippen LogP contribution in [0.5, 0.6) is 0 Å². The fourth-order valence-electron chi connectivity index (χ4n) is 0.989. The van der Waals surface area contributed by atoms with E-state index < -0.39 is 0 Å². The minimum absolute atomic E-state index is 0.0218. The molecule has 0 aliphatic rings. The summed E-state index contributed by atoms with van der Waals surface area (Å²) < 4.78 is 17.9. The molecule has 1 aromatic carbocycles. The first kappa shape index (κ1) is 10.2. The van der Waals surface area contributed by atoms with Gasteiger partial charge in [-0.05, 0) is 24.6 Å². The molecule has 0 radical (unpaired) electrons. The van der Waals surface area contributed by atoms with Crippen LogP contribution in [0.15, 0.2) is 24.3 Å². The molecule has 0 amide bonds. The monoisotopic (exact) mass is 183 g/mol. The zero-order valence-electron chi connectivity index (χ0n) is 7.66. The highest BCUT2D eigenvalue weighted by atomic mass is 19.1. The predicted octanol–water partition coefficient (Wildman–Crippen LogP) is 1.69. The van der Waals surface area contributed by atoms with Gasteiger partial charge in [0.15, 0.2) is 0 Å². The van der Waals surface area contributed by atoms with Gasteiger partial charge in [0.25, 0.3) is 0 Å². The van der Waals surface area contributed by atoms with Crippen molar-refractivity contribution < 1.29 is 9.13 Å². The summed E-state index contributed by atoms with van der Waals surface area (Å²) in [6.45, 7) is 2.78. The zero-order valence-corrected chi connectivity index (χ0v) is 7.66. The number of benzene rings is 1. The lowest BCUT2D eigenvalue weighted by Crippen LogP contribution is -2.21. The molecule has 72 valence electrons. The second-order valence-corrected chi connectivity index (χ2v) is 3.12. The number of halogens is 1. The van der Waals surface area contributed by atoms with Crippen LogP contribution in [0.25, 0.3) is 0 Å². The smallest absolute Gasteiger partial charge is 0.123 e. The highest BCUT2D eigenvalue weighted by molar-refractivity contribution is 5.15. The molecule has 13 heavy (non-hydrogen) atoms. The third kappa shape index (κ3) is 4.01. The van der Waals surface area contributed by atoms with Crippen molar-refractivity contribution in [1.29, 1.82) is 0 Å². The topological polar surface area (TPSA) is 35.2 Å². The number of rotatable bonds is 4. The van der Waals surface area contributed by atoms with E-state index in [-0.39, 0.29) is 11.9 Å². The molecule has 0 aliphatic heterocycles. The minimum Gasteiger partial charge on any atom is -0.375 e. The van der Waals surface area contributed by atoms with E-state index >= 15 is 0 Å². The van der Waals surface area contributed by atoms with Crippen LogP contribution in [0.4, 0.5) is 4.39 Å². The normalized spacial score (nSPS) is 12.8. The van der Waals surface area contributed by atoms with Crippen molar-refractivity contribution >= 4 is 0 Å². The molecule has 1 aromatic rings. The lowest BCUT2D eigenvalue weighted by molar-refractivity contribution is 0.111.